The Bertz CT molecular complexity index is 485. The predicted molar refractivity (Wildman–Crippen MR) is 55.4 cm³/mol. The SMILES string of the molecule is F.O=c1ccn([C@H]2C[C@H](O)[C@@H](CO)O2)c(=O)[nH]1. The van der Waals surface area contributed by atoms with Crippen LogP contribution in [0.5, 0.6) is 0 Å². The van der Waals surface area contributed by atoms with Crippen molar-refractivity contribution in [2.75, 3.05) is 6.61 Å². The van der Waals surface area contributed by atoms with Gasteiger partial charge < -0.3 is 14.9 Å². The highest BCUT2D eigenvalue weighted by Crippen LogP contribution is 2.26. The van der Waals surface area contributed by atoms with Crippen molar-refractivity contribution in [3.8, 4) is 0 Å². The number of hydrogen-bond donors (Lipinski definition) is 3. The minimum absolute atomic E-state index is 0. The maximum atomic E-state index is 11.4. The summed E-state index contributed by atoms with van der Waals surface area (Å²) in [7, 11) is 0. The highest BCUT2D eigenvalue weighted by molar-refractivity contribution is 4.88. The zero-order chi connectivity index (χ0) is 11.7. The number of H-pyrrole nitrogens is 1. The zero-order valence-electron chi connectivity index (χ0n) is 8.78. The average Bonchev–Trinajstić information content (AvgIpc) is 2.59. The second kappa shape index (κ2) is 5.21. The summed E-state index contributed by atoms with van der Waals surface area (Å²) in [6.45, 7) is -0.310. The van der Waals surface area contributed by atoms with Crippen LogP contribution in [0.25, 0.3) is 0 Å². The number of hydrogen-bond acceptors (Lipinski definition) is 5. The highest BCUT2D eigenvalue weighted by Gasteiger charge is 2.34. The second-order valence-corrected chi connectivity index (χ2v) is 3.63. The van der Waals surface area contributed by atoms with Crippen LogP contribution in [0.3, 0.4) is 0 Å². The Balaban J connectivity index is 0.00000144. The lowest BCUT2D eigenvalue weighted by Gasteiger charge is -2.13. The molecule has 0 aromatic carbocycles. The van der Waals surface area contributed by atoms with Crippen molar-refractivity contribution in [2.45, 2.75) is 24.9 Å². The van der Waals surface area contributed by atoms with E-state index in [9.17, 15) is 14.7 Å². The fourth-order valence-corrected chi connectivity index (χ4v) is 1.70. The lowest BCUT2D eigenvalue weighted by molar-refractivity contribution is -0.0459. The average molecular weight is 248 g/mol. The highest BCUT2D eigenvalue weighted by atomic mass is 19.0. The van der Waals surface area contributed by atoms with Gasteiger partial charge in [-0.15, -0.1) is 0 Å². The van der Waals surface area contributed by atoms with Crippen LogP contribution in [0.4, 0.5) is 4.70 Å². The fraction of sp³-hybridized carbons (Fsp3) is 0.556. The molecule has 1 fully saturated rings. The molecule has 2 rings (SSSR count). The van der Waals surface area contributed by atoms with E-state index in [0.29, 0.717) is 0 Å². The van der Waals surface area contributed by atoms with Gasteiger partial charge in [0.2, 0.25) is 0 Å². The Morgan fingerprint density at radius 1 is 1.53 bits per heavy atom. The third-order valence-electron chi connectivity index (χ3n) is 2.55. The molecule has 3 atom stereocenters. The smallest absolute Gasteiger partial charge is 0.330 e. The lowest BCUT2D eigenvalue weighted by Crippen LogP contribution is -2.31. The first-order valence-corrected chi connectivity index (χ1v) is 4.87. The van der Waals surface area contributed by atoms with E-state index in [4.69, 9.17) is 9.84 Å². The molecule has 1 aromatic heterocycles. The maximum absolute atomic E-state index is 11.4. The number of ether oxygens (including phenoxy) is 1. The summed E-state index contributed by atoms with van der Waals surface area (Å²) in [5.74, 6) is 0. The van der Waals surface area contributed by atoms with Crippen LogP contribution in [0, 0.1) is 0 Å². The minimum Gasteiger partial charge on any atom is -0.394 e. The van der Waals surface area contributed by atoms with Crippen LogP contribution in [0.1, 0.15) is 12.6 Å². The van der Waals surface area contributed by atoms with E-state index >= 15 is 0 Å². The molecule has 2 heterocycles. The van der Waals surface area contributed by atoms with E-state index < -0.39 is 29.7 Å². The van der Waals surface area contributed by atoms with Gasteiger partial charge >= 0.3 is 5.69 Å². The van der Waals surface area contributed by atoms with E-state index in [2.05, 4.69) is 4.98 Å². The molecule has 0 spiro atoms. The number of rotatable bonds is 2. The molecule has 1 aromatic rings. The van der Waals surface area contributed by atoms with Crippen molar-refractivity contribution >= 4 is 0 Å². The van der Waals surface area contributed by atoms with Gasteiger partial charge in [0, 0.05) is 18.7 Å². The van der Waals surface area contributed by atoms with Gasteiger partial charge in [-0.05, 0) is 0 Å². The molecular weight excluding hydrogens is 235 g/mol. The number of aliphatic hydroxyl groups excluding tert-OH is 2. The molecule has 0 aliphatic carbocycles. The number of aliphatic hydroxyl groups is 2. The summed E-state index contributed by atoms with van der Waals surface area (Å²) in [6.07, 6.45) is -0.649. The molecule has 1 aliphatic heterocycles. The normalized spacial score (nSPS) is 27.8. The number of nitrogens with zero attached hydrogens (tertiary/aromatic N) is 1. The Labute approximate surface area is 94.7 Å². The molecule has 0 amide bonds. The Kier molecular flexibility index (Phi) is 4.16. The Morgan fingerprint density at radius 3 is 2.76 bits per heavy atom. The second-order valence-electron chi connectivity index (χ2n) is 3.63. The lowest BCUT2D eigenvalue weighted by atomic mass is 10.2. The zero-order valence-corrected chi connectivity index (χ0v) is 8.78. The molecule has 96 valence electrons. The van der Waals surface area contributed by atoms with E-state index in [0.717, 1.165) is 0 Å². The molecule has 0 unspecified atom stereocenters. The van der Waals surface area contributed by atoms with Crippen LogP contribution in [-0.2, 0) is 4.74 Å². The van der Waals surface area contributed by atoms with Gasteiger partial charge in [-0.3, -0.25) is 19.1 Å². The topological polar surface area (TPSA) is 105 Å². The van der Waals surface area contributed by atoms with Crippen molar-refractivity contribution < 1.29 is 19.7 Å². The van der Waals surface area contributed by atoms with Gasteiger partial charge in [0.15, 0.2) is 0 Å². The molecular formula is C9H13FN2O5. The third kappa shape index (κ3) is 2.60. The summed E-state index contributed by atoms with van der Waals surface area (Å²) in [6, 6.07) is 1.20. The van der Waals surface area contributed by atoms with Crippen LogP contribution in [0.15, 0.2) is 21.9 Å². The molecule has 8 heteroatoms. The van der Waals surface area contributed by atoms with Crippen molar-refractivity contribution in [3.05, 3.63) is 33.1 Å². The van der Waals surface area contributed by atoms with E-state index in [1.807, 2.05) is 0 Å². The molecule has 3 N–H and O–H groups in total. The van der Waals surface area contributed by atoms with Crippen molar-refractivity contribution in [3.63, 3.8) is 0 Å². The summed E-state index contributed by atoms with van der Waals surface area (Å²) in [4.78, 5) is 24.3. The van der Waals surface area contributed by atoms with Gasteiger partial charge in [-0.25, -0.2) is 4.79 Å². The van der Waals surface area contributed by atoms with Crippen LogP contribution in [-0.4, -0.2) is 38.6 Å². The summed E-state index contributed by atoms with van der Waals surface area (Å²) < 4.78 is 6.45. The molecule has 0 saturated carbocycles. The summed E-state index contributed by atoms with van der Waals surface area (Å²) in [5.41, 5.74) is -1.08. The molecule has 0 radical (unpaired) electrons. The maximum Gasteiger partial charge on any atom is 0.330 e. The molecule has 0 bridgehead atoms. The van der Waals surface area contributed by atoms with Gasteiger partial charge in [0.25, 0.3) is 5.56 Å². The largest absolute Gasteiger partial charge is 0.394 e. The van der Waals surface area contributed by atoms with E-state index in [1.54, 1.807) is 0 Å². The van der Waals surface area contributed by atoms with Gasteiger partial charge in [-0.1, -0.05) is 0 Å². The monoisotopic (exact) mass is 248 g/mol. The fourth-order valence-electron chi connectivity index (χ4n) is 1.70. The number of aromatic nitrogens is 2. The summed E-state index contributed by atoms with van der Waals surface area (Å²) >= 11 is 0. The van der Waals surface area contributed by atoms with Gasteiger partial charge in [0.1, 0.15) is 12.3 Å². The molecule has 1 saturated heterocycles. The predicted octanol–water partition coefficient (Wildman–Crippen LogP) is -1.67. The van der Waals surface area contributed by atoms with Crippen molar-refractivity contribution in [2.24, 2.45) is 0 Å². The third-order valence-corrected chi connectivity index (χ3v) is 2.55. The van der Waals surface area contributed by atoms with E-state index in [-0.39, 0.29) is 17.7 Å². The minimum atomic E-state index is -0.811. The first-order valence-electron chi connectivity index (χ1n) is 4.87. The van der Waals surface area contributed by atoms with Crippen molar-refractivity contribution in [1.82, 2.24) is 9.55 Å². The quantitative estimate of drug-likeness (QED) is 0.580. The molecule has 7 nitrogen and oxygen atoms in total. The van der Waals surface area contributed by atoms with Gasteiger partial charge in [-0.2, -0.15) is 0 Å². The number of nitrogens with one attached hydrogen (secondary N) is 1. The number of halogens is 1. The van der Waals surface area contributed by atoms with Gasteiger partial charge in [0.05, 0.1) is 12.7 Å². The van der Waals surface area contributed by atoms with Crippen molar-refractivity contribution in [1.29, 1.82) is 0 Å². The Hall–Kier alpha value is -1.51. The first-order chi connectivity index (χ1) is 7.61. The summed E-state index contributed by atoms with van der Waals surface area (Å²) in [5, 5.41) is 18.4. The molecule has 1 aliphatic rings. The van der Waals surface area contributed by atoms with Crippen LogP contribution < -0.4 is 11.2 Å². The van der Waals surface area contributed by atoms with Crippen LogP contribution in [0.2, 0.25) is 0 Å². The first kappa shape index (κ1) is 13.6. The van der Waals surface area contributed by atoms with Crippen LogP contribution >= 0.6 is 0 Å². The van der Waals surface area contributed by atoms with E-state index in [1.165, 1.54) is 16.8 Å². The number of aromatic amines is 1. The molecule has 17 heavy (non-hydrogen) atoms. The Morgan fingerprint density at radius 2 is 2.24 bits per heavy atom. The standard InChI is InChI=1S/C9H12N2O5.FH/c12-4-6-5(13)3-8(16-6)11-2-1-7(14)10-9(11)15;/h1-2,5-6,8,12-13H,3-4H2,(H,10,14,15);1H/t5-,6+,8+;/m0./s1.